The Morgan fingerprint density at radius 1 is 1.26 bits per heavy atom. The fraction of sp³-hybridized carbons (Fsp3) is 0.688. The van der Waals surface area contributed by atoms with Gasteiger partial charge >= 0.3 is 0 Å². The smallest absolute Gasteiger partial charge is 0.0499 e. The molecule has 3 heteroatoms. The van der Waals surface area contributed by atoms with E-state index in [4.69, 9.17) is 0 Å². The summed E-state index contributed by atoms with van der Waals surface area (Å²) in [5.74, 6) is 0. The average molecular weight is 262 g/mol. The molecule has 1 N–H and O–H groups in total. The van der Waals surface area contributed by atoms with E-state index < -0.39 is 0 Å². The van der Waals surface area contributed by atoms with E-state index in [1.54, 1.807) is 0 Å². The van der Waals surface area contributed by atoms with E-state index >= 15 is 0 Å². The first-order valence-electron chi connectivity index (χ1n) is 7.43. The second-order valence-corrected chi connectivity index (χ2v) is 6.03. The molecule has 0 aliphatic heterocycles. The van der Waals surface area contributed by atoms with Crippen LogP contribution in [-0.2, 0) is 6.42 Å². The van der Waals surface area contributed by atoms with E-state index in [1.807, 2.05) is 18.3 Å². The molecular weight excluding hydrogens is 236 g/mol. The molecule has 0 saturated heterocycles. The zero-order chi connectivity index (χ0) is 13.6. The van der Waals surface area contributed by atoms with Gasteiger partial charge < -0.3 is 10.0 Å². The van der Waals surface area contributed by atoms with E-state index in [0.717, 1.165) is 25.2 Å². The van der Waals surface area contributed by atoms with Crippen molar-refractivity contribution in [2.24, 2.45) is 5.41 Å². The Balaban J connectivity index is 1.81. The highest BCUT2D eigenvalue weighted by Crippen LogP contribution is 2.36. The predicted molar refractivity (Wildman–Crippen MR) is 78.0 cm³/mol. The SMILES string of the molecule is CN(CCc1ccccn1)CC1(CO)CCCCC1. The average Bonchev–Trinajstić information content (AvgIpc) is 2.47. The molecule has 1 aliphatic carbocycles. The minimum absolute atomic E-state index is 0.150. The third-order valence-electron chi connectivity index (χ3n) is 4.33. The molecule has 3 nitrogen and oxygen atoms in total. The van der Waals surface area contributed by atoms with Crippen LogP contribution in [0.4, 0.5) is 0 Å². The van der Waals surface area contributed by atoms with E-state index in [0.29, 0.717) is 6.61 Å². The molecule has 1 aliphatic rings. The standard InChI is InChI=1S/C16H26N2O/c1-18(12-8-15-7-3-6-11-17-15)13-16(14-19)9-4-2-5-10-16/h3,6-7,11,19H,2,4-5,8-10,12-14H2,1H3. The zero-order valence-corrected chi connectivity index (χ0v) is 12.0. The zero-order valence-electron chi connectivity index (χ0n) is 12.0. The van der Waals surface area contributed by atoms with E-state index in [1.165, 1.54) is 32.1 Å². The molecule has 1 heterocycles. The van der Waals surface area contributed by atoms with Crippen molar-refractivity contribution in [3.63, 3.8) is 0 Å². The molecule has 19 heavy (non-hydrogen) atoms. The van der Waals surface area contributed by atoms with Gasteiger partial charge in [0, 0.05) is 43.4 Å². The van der Waals surface area contributed by atoms with Crippen LogP contribution >= 0.6 is 0 Å². The topological polar surface area (TPSA) is 36.4 Å². The lowest BCUT2D eigenvalue weighted by Gasteiger charge is -2.38. The number of rotatable bonds is 6. The summed E-state index contributed by atoms with van der Waals surface area (Å²) in [6, 6.07) is 6.07. The fourth-order valence-electron chi connectivity index (χ4n) is 3.17. The Labute approximate surface area is 116 Å². The Morgan fingerprint density at radius 2 is 2.05 bits per heavy atom. The van der Waals surface area contributed by atoms with Gasteiger partial charge in [-0.2, -0.15) is 0 Å². The van der Waals surface area contributed by atoms with Crippen LogP contribution in [0.5, 0.6) is 0 Å². The highest BCUT2D eigenvalue weighted by atomic mass is 16.3. The summed E-state index contributed by atoms with van der Waals surface area (Å²) >= 11 is 0. The van der Waals surface area contributed by atoms with Crippen molar-refractivity contribution < 1.29 is 5.11 Å². The number of pyridine rings is 1. The van der Waals surface area contributed by atoms with Crippen molar-refractivity contribution in [3.8, 4) is 0 Å². The lowest BCUT2D eigenvalue weighted by Crippen LogP contribution is -2.40. The molecular formula is C16H26N2O. The molecule has 106 valence electrons. The number of aliphatic hydroxyl groups excluding tert-OH is 1. The van der Waals surface area contributed by atoms with Gasteiger partial charge in [0.05, 0.1) is 0 Å². The molecule has 2 rings (SSSR count). The monoisotopic (exact) mass is 262 g/mol. The highest BCUT2D eigenvalue weighted by molar-refractivity contribution is 5.03. The molecule has 0 atom stereocenters. The van der Waals surface area contributed by atoms with Crippen LogP contribution in [0.15, 0.2) is 24.4 Å². The summed E-state index contributed by atoms with van der Waals surface area (Å²) in [6.07, 6.45) is 9.07. The van der Waals surface area contributed by atoms with Crippen molar-refractivity contribution in [2.75, 3.05) is 26.7 Å². The summed E-state index contributed by atoms with van der Waals surface area (Å²) in [7, 11) is 2.16. The van der Waals surface area contributed by atoms with Gasteiger partial charge in [0.2, 0.25) is 0 Å². The molecule has 0 radical (unpaired) electrons. The predicted octanol–water partition coefficient (Wildman–Crippen LogP) is 2.50. The lowest BCUT2D eigenvalue weighted by molar-refractivity contribution is 0.0487. The lowest BCUT2D eigenvalue weighted by atomic mass is 9.74. The van der Waals surface area contributed by atoms with E-state index in [2.05, 4.69) is 23.0 Å². The van der Waals surface area contributed by atoms with Crippen LogP contribution in [0.25, 0.3) is 0 Å². The van der Waals surface area contributed by atoms with Gasteiger partial charge in [0.1, 0.15) is 0 Å². The first kappa shape index (κ1) is 14.5. The summed E-state index contributed by atoms with van der Waals surface area (Å²) < 4.78 is 0. The van der Waals surface area contributed by atoms with Crippen LogP contribution in [-0.4, -0.2) is 41.7 Å². The van der Waals surface area contributed by atoms with Gasteiger partial charge in [-0.05, 0) is 32.0 Å². The number of hydrogen-bond acceptors (Lipinski definition) is 3. The van der Waals surface area contributed by atoms with Crippen molar-refractivity contribution in [3.05, 3.63) is 30.1 Å². The fourth-order valence-corrected chi connectivity index (χ4v) is 3.17. The Morgan fingerprint density at radius 3 is 2.68 bits per heavy atom. The Bertz CT molecular complexity index is 360. The molecule has 1 saturated carbocycles. The molecule has 1 fully saturated rings. The number of aliphatic hydroxyl groups is 1. The Hall–Kier alpha value is -0.930. The van der Waals surface area contributed by atoms with Crippen molar-refractivity contribution in [2.45, 2.75) is 38.5 Å². The van der Waals surface area contributed by atoms with Gasteiger partial charge in [-0.25, -0.2) is 0 Å². The van der Waals surface area contributed by atoms with Gasteiger partial charge in [-0.15, -0.1) is 0 Å². The Kier molecular flexibility index (Phi) is 5.34. The number of aromatic nitrogens is 1. The second kappa shape index (κ2) is 7.01. The van der Waals surface area contributed by atoms with Crippen LogP contribution < -0.4 is 0 Å². The largest absolute Gasteiger partial charge is 0.396 e. The van der Waals surface area contributed by atoms with E-state index in [-0.39, 0.29) is 5.41 Å². The maximum Gasteiger partial charge on any atom is 0.0499 e. The normalized spacial score (nSPS) is 18.7. The second-order valence-electron chi connectivity index (χ2n) is 6.03. The van der Waals surface area contributed by atoms with Crippen LogP contribution in [0, 0.1) is 5.41 Å². The molecule has 0 unspecified atom stereocenters. The van der Waals surface area contributed by atoms with Gasteiger partial charge in [-0.3, -0.25) is 4.98 Å². The summed E-state index contributed by atoms with van der Waals surface area (Å²) in [5.41, 5.74) is 1.30. The molecule has 0 spiro atoms. The summed E-state index contributed by atoms with van der Waals surface area (Å²) in [5, 5.41) is 9.74. The van der Waals surface area contributed by atoms with Crippen molar-refractivity contribution >= 4 is 0 Å². The summed E-state index contributed by atoms with van der Waals surface area (Å²) in [6.45, 7) is 2.36. The molecule has 1 aromatic heterocycles. The quantitative estimate of drug-likeness (QED) is 0.855. The van der Waals surface area contributed by atoms with Gasteiger partial charge in [0.25, 0.3) is 0 Å². The van der Waals surface area contributed by atoms with Crippen molar-refractivity contribution in [1.29, 1.82) is 0 Å². The van der Waals surface area contributed by atoms with Crippen LogP contribution in [0.2, 0.25) is 0 Å². The molecule has 0 amide bonds. The first-order valence-corrected chi connectivity index (χ1v) is 7.43. The van der Waals surface area contributed by atoms with Crippen LogP contribution in [0.3, 0.4) is 0 Å². The van der Waals surface area contributed by atoms with Gasteiger partial charge in [0.15, 0.2) is 0 Å². The van der Waals surface area contributed by atoms with Gasteiger partial charge in [-0.1, -0.05) is 25.3 Å². The van der Waals surface area contributed by atoms with Crippen LogP contribution in [0.1, 0.15) is 37.8 Å². The minimum Gasteiger partial charge on any atom is -0.396 e. The molecule has 1 aromatic rings. The minimum atomic E-state index is 0.150. The molecule has 0 bridgehead atoms. The molecule has 0 aromatic carbocycles. The maximum atomic E-state index is 9.74. The first-order chi connectivity index (χ1) is 9.24. The number of hydrogen-bond donors (Lipinski definition) is 1. The van der Waals surface area contributed by atoms with E-state index in [9.17, 15) is 5.11 Å². The number of likely N-dealkylation sites (N-methyl/N-ethyl adjacent to an activating group) is 1. The number of nitrogens with zero attached hydrogens (tertiary/aromatic N) is 2. The van der Waals surface area contributed by atoms with Crippen molar-refractivity contribution in [1.82, 2.24) is 9.88 Å². The third-order valence-corrected chi connectivity index (χ3v) is 4.33. The third kappa shape index (κ3) is 4.29. The maximum absolute atomic E-state index is 9.74. The highest BCUT2D eigenvalue weighted by Gasteiger charge is 2.32. The summed E-state index contributed by atoms with van der Waals surface area (Å²) in [4.78, 5) is 6.72.